The lowest BCUT2D eigenvalue weighted by atomic mass is 9.96. The molecule has 0 bridgehead atoms. The first-order valence-electron chi connectivity index (χ1n) is 6.37. The number of halogens is 1. The summed E-state index contributed by atoms with van der Waals surface area (Å²) in [6, 6.07) is 1.64. The molecule has 0 atom stereocenters. The van der Waals surface area contributed by atoms with E-state index in [2.05, 4.69) is 9.97 Å². The van der Waals surface area contributed by atoms with Crippen LogP contribution in [0.3, 0.4) is 0 Å². The molecule has 0 aliphatic carbocycles. The van der Waals surface area contributed by atoms with Gasteiger partial charge >= 0.3 is 0 Å². The molecule has 1 aromatic heterocycles. The Labute approximate surface area is 120 Å². The van der Waals surface area contributed by atoms with Crippen molar-refractivity contribution in [1.82, 2.24) is 9.97 Å². The van der Waals surface area contributed by atoms with Crippen LogP contribution in [0.4, 0.5) is 0 Å². The SMILES string of the molecule is COC(C)(C)CCOc1cc(Cl)nc(C(C)(C)C)n1. The lowest BCUT2D eigenvalue weighted by molar-refractivity contribution is 0.00504. The molecule has 0 aliphatic rings. The van der Waals surface area contributed by atoms with Crippen molar-refractivity contribution in [2.75, 3.05) is 13.7 Å². The molecule has 0 amide bonds. The predicted octanol–water partition coefficient (Wildman–Crippen LogP) is 3.62. The van der Waals surface area contributed by atoms with Gasteiger partial charge in [0.2, 0.25) is 5.88 Å². The van der Waals surface area contributed by atoms with E-state index >= 15 is 0 Å². The highest BCUT2D eigenvalue weighted by Gasteiger charge is 2.20. The Morgan fingerprint density at radius 2 is 1.79 bits per heavy atom. The third-order valence-electron chi connectivity index (χ3n) is 2.85. The minimum atomic E-state index is -0.205. The van der Waals surface area contributed by atoms with Crippen LogP contribution in [-0.2, 0) is 10.2 Å². The molecular formula is C14H23ClN2O2. The number of hydrogen-bond acceptors (Lipinski definition) is 4. The van der Waals surface area contributed by atoms with Crippen molar-refractivity contribution in [2.24, 2.45) is 0 Å². The third kappa shape index (κ3) is 5.33. The van der Waals surface area contributed by atoms with E-state index in [9.17, 15) is 0 Å². The van der Waals surface area contributed by atoms with Gasteiger partial charge < -0.3 is 9.47 Å². The Morgan fingerprint density at radius 3 is 2.32 bits per heavy atom. The maximum Gasteiger partial charge on any atom is 0.218 e. The molecule has 0 aliphatic heterocycles. The van der Waals surface area contributed by atoms with Gasteiger partial charge in [-0.05, 0) is 13.8 Å². The Morgan fingerprint density at radius 1 is 1.16 bits per heavy atom. The van der Waals surface area contributed by atoms with E-state index in [1.807, 2.05) is 34.6 Å². The molecule has 0 radical (unpaired) electrons. The van der Waals surface area contributed by atoms with Crippen molar-refractivity contribution in [1.29, 1.82) is 0 Å². The minimum Gasteiger partial charge on any atom is -0.477 e. The van der Waals surface area contributed by atoms with E-state index in [1.165, 1.54) is 0 Å². The first kappa shape index (κ1) is 16.2. The number of hydrogen-bond donors (Lipinski definition) is 0. The van der Waals surface area contributed by atoms with Gasteiger partial charge in [-0.1, -0.05) is 32.4 Å². The number of nitrogens with zero attached hydrogens (tertiary/aromatic N) is 2. The van der Waals surface area contributed by atoms with Gasteiger partial charge in [-0.3, -0.25) is 0 Å². The molecule has 1 heterocycles. The maximum absolute atomic E-state index is 6.00. The zero-order valence-corrected chi connectivity index (χ0v) is 13.3. The summed E-state index contributed by atoms with van der Waals surface area (Å²) in [4.78, 5) is 8.62. The second-order valence-electron chi connectivity index (χ2n) is 6.16. The van der Waals surface area contributed by atoms with Crippen molar-refractivity contribution < 1.29 is 9.47 Å². The lowest BCUT2D eigenvalue weighted by Gasteiger charge is -2.23. The van der Waals surface area contributed by atoms with E-state index in [4.69, 9.17) is 21.1 Å². The number of aromatic nitrogens is 2. The monoisotopic (exact) mass is 286 g/mol. The van der Waals surface area contributed by atoms with E-state index in [0.29, 0.717) is 23.5 Å². The number of rotatable bonds is 5. The Hall–Kier alpha value is -0.870. The first-order chi connectivity index (χ1) is 8.64. The molecule has 0 fully saturated rings. The van der Waals surface area contributed by atoms with Crippen LogP contribution in [-0.4, -0.2) is 29.3 Å². The average molecular weight is 287 g/mol. The van der Waals surface area contributed by atoms with Crippen molar-refractivity contribution in [3.8, 4) is 5.88 Å². The molecule has 108 valence electrons. The van der Waals surface area contributed by atoms with Gasteiger partial charge in [0, 0.05) is 25.0 Å². The average Bonchev–Trinajstić information content (AvgIpc) is 2.27. The molecule has 0 unspecified atom stereocenters. The summed E-state index contributed by atoms with van der Waals surface area (Å²) in [5.74, 6) is 1.19. The highest BCUT2D eigenvalue weighted by Crippen LogP contribution is 2.23. The summed E-state index contributed by atoms with van der Waals surface area (Å²) in [5.41, 5.74) is -0.363. The molecule has 0 N–H and O–H groups in total. The van der Waals surface area contributed by atoms with Crippen molar-refractivity contribution in [3.63, 3.8) is 0 Å². The second kappa shape index (κ2) is 6.06. The van der Waals surface area contributed by atoms with Crippen LogP contribution in [0, 0.1) is 0 Å². The first-order valence-corrected chi connectivity index (χ1v) is 6.75. The smallest absolute Gasteiger partial charge is 0.218 e. The molecule has 19 heavy (non-hydrogen) atoms. The van der Waals surface area contributed by atoms with Crippen LogP contribution in [0.1, 0.15) is 46.9 Å². The van der Waals surface area contributed by atoms with E-state index in [0.717, 1.165) is 6.42 Å². The van der Waals surface area contributed by atoms with Crippen LogP contribution in [0.2, 0.25) is 5.15 Å². The van der Waals surface area contributed by atoms with Gasteiger partial charge in [-0.2, -0.15) is 4.98 Å². The highest BCUT2D eigenvalue weighted by molar-refractivity contribution is 6.29. The normalized spacial score (nSPS) is 12.6. The van der Waals surface area contributed by atoms with Crippen molar-refractivity contribution >= 4 is 11.6 Å². The summed E-state index contributed by atoms with van der Waals surface area (Å²) in [6.07, 6.45) is 0.774. The summed E-state index contributed by atoms with van der Waals surface area (Å²) < 4.78 is 11.0. The Kier molecular flexibility index (Phi) is 5.16. The van der Waals surface area contributed by atoms with Gasteiger partial charge in [0.15, 0.2) is 0 Å². The molecule has 0 saturated heterocycles. The quantitative estimate of drug-likeness (QED) is 0.776. The predicted molar refractivity (Wildman–Crippen MR) is 76.9 cm³/mol. The fourth-order valence-corrected chi connectivity index (χ4v) is 1.48. The van der Waals surface area contributed by atoms with Gasteiger partial charge in [0.25, 0.3) is 0 Å². The van der Waals surface area contributed by atoms with Crippen molar-refractivity contribution in [3.05, 3.63) is 17.0 Å². The third-order valence-corrected chi connectivity index (χ3v) is 3.04. The molecule has 0 aromatic carbocycles. The van der Waals surface area contributed by atoms with Gasteiger partial charge in [-0.15, -0.1) is 0 Å². The van der Waals surface area contributed by atoms with Crippen LogP contribution in [0.25, 0.3) is 0 Å². The summed E-state index contributed by atoms with van der Waals surface area (Å²) in [5, 5.41) is 0.404. The zero-order chi connectivity index (χ0) is 14.7. The number of ether oxygens (including phenoxy) is 2. The number of methoxy groups -OCH3 is 1. The Balaban J connectivity index is 2.72. The van der Waals surface area contributed by atoms with E-state index < -0.39 is 0 Å². The minimum absolute atomic E-state index is 0.158. The fourth-order valence-electron chi connectivity index (χ4n) is 1.31. The van der Waals surface area contributed by atoms with E-state index in [1.54, 1.807) is 13.2 Å². The van der Waals surface area contributed by atoms with Gasteiger partial charge in [0.05, 0.1) is 12.2 Å². The van der Waals surface area contributed by atoms with Crippen LogP contribution >= 0.6 is 11.6 Å². The molecule has 1 rings (SSSR count). The van der Waals surface area contributed by atoms with Gasteiger partial charge in [-0.25, -0.2) is 4.98 Å². The lowest BCUT2D eigenvalue weighted by Crippen LogP contribution is -2.25. The van der Waals surface area contributed by atoms with Crippen LogP contribution in [0.5, 0.6) is 5.88 Å². The maximum atomic E-state index is 6.00. The van der Waals surface area contributed by atoms with Crippen LogP contribution < -0.4 is 4.74 Å². The van der Waals surface area contributed by atoms with Crippen LogP contribution in [0.15, 0.2) is 6.07 Å². The van der Waals surface area contributed by atoms with E-state index in [-0.39, 0.29) is 11.0 Å². The fraction of sp³-hybridized carbons (Fsp3) is 0.714. The standard InChI is InChI=1S/C14H23ClN2O2/c1-13(2,3)12-16-10(15)9-11(17-12)19-8-7-14(4,5)18-6/h9H,7-8H2,1-6H3. The topological polar surface area (TPSA) is 44.2 Å². The van der Waals surface area contributed by atoms with Crippen molar-refractivity contribution in [2.45, 2.75) is 52.1 Å². The second-order valence-corrected chi connectivity index (χ2v) is 6.55. The zero-order valence-electron chi connectivity index (χ0n) is 12.6. The van der Waals surface area contributed by atoms with Gasteiger partial charge in [0.1, 0.15) is 11.0 Å². The molecular weight excluding hydrogens is 264 g/mol. The summed E-state index contributed by atoms with van der Waals surface area (Å²) >= 11 is 6.00. The molecule has 5 heteroatoms. The largest absolute Gasteiger partial charge is 0.477 e. The molecule has 0 spiro atoms. The molecule has 4 nitrogen and oxygen atoms in total. The summed E-state index contributed by atoms with van der Waals surface area (Å²) in [6.45, 7) is 10.7. The molecule has 1 aromatic rings. The Bertz CT molecular complexity index is 428. The highest BCUT2D eigenvalue weighted by atomic mass is 35.5. The molecule has 0 saturated carbocycles. The summed E-state index contributed by atoms with van der Waals surface area (Å²) in [7, 11) is 1.69.